The lowest BCUT2D eigenvalue weighted by Crippen LogP contribution is -2.42. The van der Waals surface area contributed by atoms with E-state index in [0.29, 0.717) is 25.9 Å². The number of rotatable bonds is 5. The van der Waals surface area contributed by atoms with Gasteiger partial charge < -0.3 is 15.1 Å². The zero-order valence-electron chi connectivity index (χ0n) is 14.3. The van der Waals surface area contributed by atoms with Gasteiger partial charge in [-0.15, -0.1) is 0 Å². The van der Waals surface area contributed by atoms with Gasteiger partial charge in [-0.2, -0.15) is 0 Å². The molecule has 0 spiro atoms. The molecule has 0 unspecified atom stereocenters. The van der Waals surface area contributed by atoms with Gasteiger partial charge in [-0.25, -0.2) is 0 Å². The van der Waals surface area contributed by atoms with E-state index in [1.54, 1.807) is 24.3 Å². The molecule has 2 aromatic carbocycles. The van der Waals surface area contributed by atoms with Crippen LogP contribution in [0.3, 0.4) is 0 Å². The fourth-order valence-electron chi connectivity index (χ4n) is 3.46. The lowest BCUT2D eigenvalue weighted by atomic mass is 9.88. The number of aliphatic hydroxyl groups is 1. The molecular formula is C21H25NO3. The zero-order chi connectivity index (χ0) is 17.6. The Balaban J connectivity index is 1.47. The van der Waals surface area contributed by atoms with Crippen molar-refractivity contribution in [2.45, 2.75) is 31.8 Å². The summed E-state index contributed by atoms with van der Waals surface area (Å²) in [7, 11) is 0. The lowest BCUT2D eigenvalue weighted by Gasteiger charge is -2.34. The van der Waals surface area contributed by atoms with Crippen molar-refractivity contribution in [3.8, 4) is 5.75 Å². The molecule has 1 fully saturated rings. The number of likely N-dealkylation sites (tertiary alicyclic amines) is 1. The number of phenols is 1. The van der Waals surface area contributed by atoms with E-state index in [9.17, 15) is 15.0 Å². The molecule has 1 aliphatic heterocycles. The van der Waals surface area contributed by atoms with Crippen molar-refractivity contribution in [3.05, 3.63) is 65.7 Å². The van der Waals surface area contributed by atoms with Crippen LogP contribution in [0.25, 0.3) is 0 Å². The first-order valence-electron chi connectivity index (χ1n) is 8.89. The Morgan fingerprint density at radius 1 is 1.00 bits per heavy atom. The minimum Gasteiger partial charge on any atom is -0.508 e. The van der Waals surface area contributed by atoms with E-state index in [1.807, 2.05) is 35.2 Å². The quantitative estimate of drug-likeness (QED) is 0.880. The van der Waals surface area contributed by atoms with Gasteiger partial charge in [-0.05, 0) is 48.4 Å². The molecule has 4 heteroatoms. The first kappa shape index (κ1) is 17.5. The lowest BCUT2D eigenvalue weighted by molar-refractivity contribution is -0.132. The average Bonchev–Trinajstić information content (AvgIpc) is 2.64. The van der Waals surface area contributed by atoms with Gasteiger partial charge in [0.2, 0.25) is 5.91 Å². The standard InChI is InChI=1S/C21H25NO3/c23-19-8-6-17(7-9-19)15-21(25)22-12-10-18(11-13-22)20(24)14-16-4-2-1-3-5-16/h1-9,18,20,23-24H,10-15H2/t20-/m1/s1. The van der Waals surface area contributed by atoms with Crippen molar-refractivity contribution in [2.75, 3.05) is 13.1 Å². The third-order valence-electron chi connectivity index (χ3n) is 5.02. The number of carbonyl (C=O) groups excluding carboxylic acids is 1. The predicted molar refractivity (Wildman–Crippen MR) is 97.3 cm³/mol. The second-order valence-electron chi connectivity index (χ2n) is 6.82. The highest BCUT2D eigenvalue weighted by atomic mass is 16.3. The molecule has 0 saturated carbocycles. The van der Waals surface area contributed by atoms with E-state index in [-0.39, 0.29) is 23.7 Å². The first-order chi connectivity index (χ1) is 12.1. The highest BCUT2D eigenvalue weighted by molar-refractivity contribution is 5.78. The molecule has 0 aromatic heterocycles. The van der Waals surface area contributed by atoms with Crippen LogP contribution in [-0.4, -0.2) is 40.2 Å². The Bertz CT molecular complexity index is 676. The number of hydrogen-bond donors (Lipinski definition) is 2. The summed E-state index contributed by atoms with van der Waals surface area (Å²) in [6.45, 7) is 1.40. The SMILES string of the molecule is O=C(Cc1ccc(O)cc1)N1CCC([C@H](O)Cc2ccccc2)CC1. The van der Waals surface area contributed by atoms with Crippen LogP contribution in [0.5, 0.6) is 5.75 Å². The molecule has 2 N–H and O–H groups in total. The number of carbonyl (C=O) groups is 1. The van der Waals surface area contributed by atoms with Gasteiger partial charge >= 0.3 is 0 Å². The summed E-state index contributed by atoms with van der Waals surface area (Å²) in [6.07, 6.45) is 2.37. The van der Waals surface area contributed by atoms with E-state index in [1.165, 1.54) is 0 Å². The minimum atomic E-state index is -0.350. The third-order valence-corrected chi connectivity index (χ3v) is 5.02. The Kier molecular flexibility index (Phi) is 5.71. The van der Waals surface area contributed by atoms with Gasteiger partial charge in [0, 0.05) is 13.1 Å². The normalized spacial score (nSPS) is 16.6. The van der Waals surface area contributed by atoms with Gasteiger partial charge in [-0.1, -0.05) is 42.5 Å². The molecule has 0 radical (unpaired) electrons. The Morgan fingerprint density at radius 2 is 1.64 bits per heavy atom. The van der Waals surface area contributed by atoms with E-state index in [4.69, 9.17) is 0 Å². The van der Waals surface area contributed by atoms with Gasteiger partial charge in [0.15, 0.2) is 0 Å². The van der Waals surface area contributed by atoms with Crippen molar-refractivity contribution in [2.24, 2.45) is 5.92 Å². The summed E-state index contributed by atoms with van der Waals surface area (Å²) in [5.41, 5.74) is 2.06. The predicted octanol–water partition coefficient (Wildman–Crippen LogP) is 2.78. The summed E-state index contributed by atoms with van der Waals surface area (Å²) in [6, 6.07) is 16.8. The van der Waals surface area contributed by atoms with Crippen molar-refractivity contribution in [1.29, 1.82) is 0 Å². The molecule has 0 bridgehead atoms. The van der Waals surface area contributed by atoms with E-state index in [2.05, 4.69) is 0 Å². The highest BCUT2D eigenvalue weighted by Gasteiger charge is 2.27. The van der Waals surface area contributed by atoms with Crippen LogP contribution in [0, 0.1) is 5.92 Å². The highest BCUT2D eigenvalue weighted by Crippen LogP contribution is 2.23. The molecule has 1 atom stereocenters. The Labute approximate surface area is 148 Å². The van der Waals surface area contributed by atoms with Crippen LogP contribution >= 0.6 is 0 Å². The summed E-state index contributed by atoms with van der Waals surface area (Å²) >= 11 is 0. The van der Waals surface area contributed by atoms with Gasteiger partial charge in [-0.3, -0.25) is 4.79 Å². The fraction of sp³-hybridized carbons (Fsp3) is 0.381. The van der Waals surface area contributed by atoms with Crippen molar-refractivity contribution in [1.82, 2.24) is 4.90 Å². The number of amides is 1. The second kappa shape index (κ2) is 8.17. The second-order valence-corrected chi connectivity index (χ2v) is 6.82. The minimum absolute atomic E-state index is 0.113. The van der Waals surface area contributed by atoms with Crippen LogP contribution < -0.4 is 0 Å². The van der Waals surface area contributed by atoms with Crippen molar-refractivity contribution in [3.63, 3.8) is 0 Å². The average molecular weight is 339 g/mol. The summed E-state index contributed by atoms with van der Waals surface area (Å²) in [5, 5.41) is 19.8. The molecule has 4 nitrogen and oxygen atoms in total. The summed E-state index contributed by atoms with van der Waals surface area (Å²) in [4.78, 5) is 14.3. The molecule has 1 saturated heterocycles. The molecule has 0 aliphatic carbocycles. The Morgan fingerprint density at radius 3 is 2.28 bits per heavy atom. The largest absolute Gasteiger partial charge is 0.508 e. The van der Waals surface area contributed by atoms with Crippen LogP contribution in [0.1, 0.15) is 24.0 Å². The topological polar surface area (TPSA) is 60.8 Å². The molecule has 1 aliphatic rings. The smallest absolute Gasteiger partial charge is 0.226 e. The molecule has 25 heavy (non-hydrogen) atoms. The number of nitrogens with zero attached hydrogens (tertiary/aromatic N) is 1. The van der Waals surface area contributed by atoms with E-state index in [0.717, 1.165) is 24.0 Å². The van der Waals surface area contributed by atoms with Crippen LogP contribution in [0.2, 0.25) is 0 Å². The van der Waals surface area contributed by atoms with Gasteiger partial charge in [0.05, 0.1) is 12.5 Å². The summed E-state index contributed by atoms with van der Waals surface area (Å²) < 4.78 is 0. The number of hydrogen-bond acceptors (Lipinski definition) is 3. The van der Waals surface area contributed by atoms with Gasteiger partial charge in [0.25, 0.3) is 0 Å². The third kappa shape index (κ3) is 4.83. The molecule has 132 valence electrons. The fourth-order valence-corrected chi connectivity index (χ4v) is 3.46. The van der Waals surface area contributed by atoms with Crippen LogP contribution in [0.15, 0.2) is 54.6 Å². The van der Waals surface area contributed by atoms with E-state index >= 15 is 0 Å². The number of aromatic hydroxyl groups is 1. The number of piperidine rings is 1. The van der Waals surface area contributed by atoms with E-state index < -0.39 is 0 Å². The molecule has 1 heterocycles. The van der Waals surface area contributed by atoms with Crippen molar-refractivity contribution >= 4 is 5.91 Å². The monoisotopic (exact) mass is 339 g/mol. The molecule has 3 rings (SSSR count). The maximum Gasteiger partial charge on any atom is 0.226 e. The van der Waals surface area contributed by atoms with Crippen LogP contribution in [0.4, 0.5) is 0 Å². The number of phenolic OH excluding ortho intramolecular Hbond substituents is 1. The Hall–Kier alpha value is -2.33. The maximum absolute atomic E-state index is 12.4. The number of benzene rings is 2. The maximum atomic E-state index is 12.4. The molecule has 1 amide bonds. The van der Waals surface area contributed by atoms with Crippen LogP contribution in [-0.2, 0) is 17.6 Å². The summed E-state index contributed by atoms with van der Waals surface area (Å²) in [5.74, 6) is 0.573. The molecular weight excluding hydrogens is 314 g/mol. The van der Waals surface area contributed by atoms with Gasteiger partial charge in [0.1, 0.15) is 5.75 Å². The zero-order valence-corrected chi connectivity index (χ0v) is 14.3. The molecule has 2 aromatic rings. The van der Waals surface area contributed by atoms with Crippen molar-refractivity contribution < 1.29 is 15.0 Å². The number of aliphatic hydroxyl groups excluding tert-OH is 1. The first-order valence-corrected chi connectivity index (χ1v) is 8.89.